The standard InChI is InChI=1S/C18H20N4OS2/c1-3-25-17(19)21-22(13-14-7-5-4-6-8-14)18(24)20-15-9-11-16(23-2)12-10-15/h4-13H,3H2,1-2H3,(H2-,19,20,21,24)/p+1/b22-13-. The Hall–Kier alpha value is -2.38. The highest BCUT2D eigenvalue weighted by atomic mass is 32.2. The van der Waals surface area contributed by atoms with Gasteiger partial charge < -0.3 is 10.5 Å². The van der Waals surface area contributed by atoms with Gasteiger partial charge in [0, 0.05) is 17.8 Å². The molecule has 3 N–H and O–H groups in total. The number of nitrogens with zero attached hydrogens (tertiary/aromatic N) is 2. The van der Waals surface area contributed by atoms with Crippen LogP contribution in [0.5, 0.6) is 5.75 Å². The Morgan fingerprint density at radius 3 is 2.52 bits per heavy atom. The zero-order valence-corrected chi connectivity index (χ0v) is 15.8. The largest absolute Gasteiger partial charge is 0.497 e. The third kappa shape index (κ3) is 6.21. The van der Waals surface area contributed by atoms with Gasteiger partial charge in [0.1, 0.15) is 17.7 Å². The number of ether oxygens (including phenoxy) is 1. The Morgan fingerprint density at radius 2 is 1.92 bits per heavy atom. The molecule has 0 fully saturated rings. The summed E-state index contributed by atoms with van der Waals surface area (Å²) in [6.45, 7) is 2.02. The van der Waals surface area contributed by atoms with Crippen LogP contribution in [0.15, 0.2) is 59.7 Å². The molecule has 0 spiro atoms. The maximum atomic E-state index is 5.96. The van der Waals surface area contributed by atoms with E-state index in [4.69, 9.17) is 22.7 Å². The van der Waals surface area contributed by atoms with Crippen molar-refractivity contribution in [2.45, 2.75) is 6.92 Å². The molecule has 0 aliphatic heterocycles. The van der Waals surface area contributed by atoms with Gasteiger partial charge in [-0.2, -0.15) is 0 Å². The van der Waals surface area contributed by atoms with Gasteiger partial charge in [-0.3, -0.25) is 0 Å². The number of thioether (sulfide) groups is 1. The first-order chi connectivity index (χ1) is 12.1. The van der Waals surface area contributed by atoms with Crippen LogP contribution in [0.3, 0.4) is 0 Å². The van der Waals surface area contributed by atoms with E-state index in [2.05, 4.69) is 10.4 Å². The van der Waals surface area contributed by atoms with E-state index in [9.17, 15) is 0 Å². The molecule has 7 heteroatoms. The predicted molar refractivity (Wildman–Crippen MR) is 111 cm³/mol. The molecule has 0 amide bonds. The van der Waals surface area contributed by atoms with Crippen LogP contribution >= 0.6 is 24.0 Å². The van der Waals surface area contributed by atoms with Gasteiger partial charge in [0.05, 0.1) is 7.11 Å². The smallest absolute Gasteiger partial charge is 0.374 e. The Morgan fingerprint density at radius 1 is 1.24 bits per heavy atom. The van der Waals surface area contributed by atoms with Crippen molar-refractivity contribution in [3.05, 3.63) is 60.2 Å². The summed E-state index contributed by atoms with van der Waals surface area (Å²) in [5.41, 5.74) is 7.77. The molecular formula is C18H21N4OS2+. The van der Waals surface area contributed by atoms with E-state index in [0.717, 1.165) is 22.8 Å². The topological polar surface area (TPSA) is 62.6 Å². The van der Waals surface area contributed by atoms with Gasteiger partial charge in [0.15, 0.2) is 0 Å². The lowest BCUT2D eigenvalue weighted by Crippen LogP contribution is -2.26. The van der Waals surface area contributed by atoms with Gasteiger partial charge in [-0.15, -0.1) is 0 Å². The number of benzene rings is 2. The van der Waals surface area contributed by atoms with E-state index in [0.29, 0.717) is 10.3 Å². The molecule has 130 valence electrons. The SMILES string of the molecule is CCS/C(N)=N\[N+](=C/c1ccccc1)C(=S)Nc1ccc(OC)cc1. The first-order valence-corrected chi connectivity index (χ1v) is 9.13. The number of nitrogens with two attached hydrogens (primary N) is 1. The average Bonchev–Trinajstić information content (AvgIpc) is 2.63. The zero-order valence-electron chi connectivity index (χ0n) is 14.2. The van der Waals surface area contributed by atoms with E-state index in [1.165, 1.54) is 11.8 Å². The normalized spacial score (nSPS) is 11.9. The second-order valence-corrected chi connectivity index (χ2v) is 6.59. The van der Waals surface area contributed by atoms with Crippen molar-refractivity contribution in [3.63, 3.8) is 0 Å². The second kappa shape index (κ2) is 9.80. The minimum atomic E-state index is 0.425. The van der Waals surface area contributed by atoms with E-state index < -0.39 is 0 Å². The van der Waals surface area contributed by atoms with Gasteiger partial charge >= 0.3 is 5.11 Å². The van der Waals surface area contributed by atoms with Crippen LogP contribution in [0.1, 0.15) is 12.5 Å². The van der Waals surface area contributed by atoms with Crippen LogP contribution in [0, 0.1) is 0 Å². The number of thiocarbonyl (C=S) groups is 1. The minimum Gasteiger partial charge on any atom is -0.497 e. The summed E-state index contributed by atoms with van der Waals surface area (Å²) in [4.78, 5) is 0. The summed E-state index contributed by atoms with van der Waals surface area (Å²) in [5.74, 6) is 1.62. The van der Waals surface area contributed by atoms with E-state index in [-0.39, 0.29) is 0 Å². The lowest BCUT2D eigenvalue weighted by molar-refractivity contribution is -0.402. The summed E-state index contributed by atoms with van der Waals surface area (Å²) in [7, 11) is 1.63. The van der Waals surface area contributed by atoms with Gasteiger partial charge in [-0.05, 0) is 30.0 Å². The maximum Gasteiger partial charge on any atom is 0.374 e. The highest BCUT2D eigenvalue weighted by Crippen LogP contribution is 2.15. The van der Waals surface area contributed by atoms with Crippen molar-refractivity contribution in [1.29, 1.82) is 0 Å². The van der Waals surface area contributed by atoms with Gasteiger partial charge in [-0.25, -0.2) is 5.32 Å². The fraction of sp³-hybridized carbons (Fsp3) is 0.167. The van der Waals surface area contributed by atoms with Crippen LogP contribution in [0.25, 0.3) is 0 Å². The molecular weight excluding hydrogens is 352 g/mol. The Labute approximate surface area is 157 Å². The van der Waals surface area contributed by atoms with Gasteiger partial charge in [0.2, 0.25) is 5.17 Å². The fourth-order valence-corrected chi connectivity index (χ4v) is 2.60. The molecule has 0 radical (unpaired) electrons. The average molecular weight is 374 g/mol. The van der Waals surface area contributed by atoms with Gasteiger partial charge in [0.25, 0.3) is 0 Å². The molecule has 5 nitrogen and oxygen atoms in total. The van der Waals surface area contributed by atoms with E-state index in [1.807, 2.05) is 67.7 Å². The highest BCUT2D eigenvalue weighted by molar-refractivity contribution is 8.13. The predicted octanol–water partition coefficient (Wildman–Crippen LogP) is 3.51. The van der Waals surface area contributed by atoms with Crippen LogP contribution in [-0.2, 0) is 0 Å². The first-order valence-electron chi connectivity index (χ1n) is 7.73. The van der Waals surface area contributed by atoms with E-state index >= 15 is 0 Å². The number of amidine groups is 1. The Kier molecular flexibility index (Phi) is 7.43. The number of anilines is 1. The molecule has 0 aliphatic carbocycles. The lowest BCUT2D eigenvalue weighted by atomic mass is 10.2. The number of rotatable bonds is 5. The van der Waals surface area contributed by atoms with Gasteiger partial charge in [-0.1, -0.05) is 58.8 Å². The number of nitrogens with one attached hydrogen (secondary N) is 1. The molecule has 0 aromatic heterocycles. The van der Waals surface area contributed by atoms with Crippen molar-refractivity contribution >= 4 is 46.2 Å². The third-order valence-corrected chi connectivity index (χ3v) is 4.07. The van der Waals surface area contributed by atoms with Crippen LogP contribution in [-0.4, -0.2) is 34.0 Å². The molecule has 0 heterocycles. The molecule has 25 heavy (non-hydrogen) atoms. The minimum absolute atomic E-state index is 0.425. The third-order valence-electron chi connectivity index (χ3n) is 3.12. The summed E-state index contributed by atoms with van der Waals surface area (Å²) in [6, 6.07) is 17.3. The van der Waals surface area contributed by atoms with Crippen molar-refractivity contribution < 1.29 is 9.42 Å². The molecule has 0 unspecified atom stereocenters. The fourth-order valence-electron chi connectivity index (χ4n) is 1.95. The summed E-state index contributed by atoms with van der Waals surface area (Å²) in [6.07, 6.45) is 1.84. The van der Waals surface area contributed by atoms with Crippen molar-refractivity contribution in [1.82, 2.24) is 0 Å². The summed E-state index contributed by atoms with van der Waals surface area (Å²) >= 11 is 6.96. The maximum absolute atomic E-state index is 5.96. The molecule has 0 saturated carbocycles. The number of hydrogen-bond donors (Lipinski definition) is 2. The van der Waals surface area contributed by atoms with Crippen LogP contribution in [0.2, 0.25) is 0 Å². The van der Waals surface area contributed by atoms with Crippen LogP contribution in [0.4, 0.5) is 5.69 Å². The molecule has 0 bridgehead atoms. The number of methoxy groups -OCH3 is 1. The van der Waals surface area contributed by atoms with Crippen molar-refractivity contribution in [2.24, 2.45) is 10.8 Å². The van der Waals surface area contributed by atoms with Crippen LogP contribution < -0.4 is 15.8 Å². The first kappa shape index (κ1) is 19.0. The van der Waals surface area contributed by atoms with Crippen molar-refractivity contribution in [3.8, 4) is 5.75 Å². The zero-order chi connectivity index (χ0) is 18.1. The molecule has 2 aromatic carbocycles. The monoisotopic (exact) mass is 373 g/mol. The number of hydrogen-bond acceptors (Lipinski definition) is 4. The molecule has 0 atom stereocenters. The highest BCUT2D eigenvalue weighted by Gasteiger charge is 2.13. The molecule has 0 aliphatic rings. The lowest BCUT2D eigenvalue weighted by Gasteiger charge is -2.04. The Bertz CT molecular complexity index is 758. The summed E-state index contributed by atoms with van der Waals surface area (Å²) < 4.78 is 6.74. The second-order valence-electron chi connectivity index (χ2n) is 4.91. The molecule has 0 saturated heterocycles. The molecule has 2 rings (SSSR count). The molecule has 2 aromatic rings. The quantitative estimate of drug-likeness (QED) is 0.276. The number of hydrazone groups is 1. The summed E-state index contributed by atoms with van der Waals surface area (Å²) in [5, 5.41) is 8.43. The Balaban J connectivity index is 2.25. The van der Waals surface area contributed by atoms with E-state index in [1.54, 1.807) is 11.8 Å². The van der Waals surface area contributed by atoms with Crippen molar-refractivity contribution in [2.75, 3.05) is 18.2 Å².